The van der Waals surface area contributed by atoms with Crippen LogP contribution in [0.2, 0.25) is 5.28 Å². The summed E-state index contributed by atoms with van der Waals surface area (Å²) < 4.78 is 83.0. The number of nitrogens with zero attached hydrogens (tertiary/aromatic N) is 2. The van der Waals surface area contributed by atoms with Gasteiger partial charge in [-0.1, -0.05) is 0 Å². The summed E-state index contributed by atoms with van der Waals surface area (Å²) in [6, 6.07) is 5.68. The Morgan fingerprint density at radius 1 is 0.923 bits per heavy atom. The number of benzene rings is 2. The number of halogens is 7. The third kappa shape index (κ3) is 3.48. The van der Waals surface area contributed by atoms with Gasteiger partial charge in [0.15, 0.2) is 11.6 Å². The van der Waals surface area contributed by atoms with Crippen molar-refractivity contribution in [2.24, 2.45) is 0 Å². The smallest absolute Gasteiger partial charge is 0.406 e. The minimum Gasteiger partial charge on any atom is -0.406 e. The molecule has 0 aliphatic heterocycles. The quantitative estimate of drug-likeness (QED) is 0.434. The maximum absolute atomic E-state index is 14.1. The predicted octanol–water partition coefficient (Wildman–Crippen LogP) is 5.51. The van der Waals surface area contributed by atoms with Crippen molar-refractivity contribution in [3.8, 4) is 22.7 Å². The molecule has 0 aliphatic rings. The summed E-state index contributed by atoms with van der Waals surface area (Å²) in [5, 5.41) is -0.229. The van der Waals surface area contributed by atoms with Gasteiger partial charge in [0.05, 0.1) is 17.5 Å². The highest BCUT2D eigenvalue weighted by Gasteiger charge is 2.31. The monoisotopic (exact) mass is 392 g/mol. The molecule has 0 fully saturated rings. The van der Waals surface area contributed by atoms with Crippen LogP contribution in [-0.2, 0) is 0 Å². The summed E-state index contributed by atoms with van der Waals surface area (Å²) >= 11 is 5.92. The highest BCUT2D eigenvalue weighted by Crippen LogP contribution is 2.33. The summed E-state index contributed by atoms with van der Waals surface area (Å²) in [4.78, 5) is 3.72. The van der Waals surface area contributed by atoms with E-state index < -0.39 is 35.1 Å². The molecule has 26 heavy (non-hydrogen) atoms. The Morgan fingerprint density at radius 2 is 1.54 bits per heavy atom. The molecule has 0 spiro atoms. The molecule has 0 radical (unpaired) electrons. The Hall–Kier alpha value is -2.68. The highest BCUT2D eigenvalue weighted by molar-refractivity contribution is 6.29. The normalized spacial score (nSPS) is 11.7. The zero-order valence-corrected chi connectivity index (χ0v) is 13.2. The van der Waals surface area contributed by atoms with Crippen molar-refractivity contribution in [3.05, 3.63) is 65.3 Å². The molecule has 0 saturated heterocycles. The molecule has 2 aromatic carbocycles. The number of rotatable bonds is 3. The number of aromatic nitrogens is 2. The number of hydrogen-bond donors (Lipinski definition) is 0. The van der Waals surface area contributed by atoms with Gasteiger partial charge in [-0.05, 0) is 48.0 Å². The van der Waals surface area contributed by atoms with E-state index in [1.165, 1.54) is 12.1 Å². The van der Waals surface area contributed by atoms with E-state index in [2.05, 4.69) is 9.72 Å². The van der Waals surface area contributed by atoms with E-state index in [1.807, 2.05) is 0 Å². The van der Waals surface area contributed by atoms with Crippen LogP contribution >= 0.6 is 11.6 Å². The SMILES string of the molecule is Fc1ccc(F)c(-c2cnc(Cl)n2-c2ccc(OC(F)(F)F)cc2)c1F. The lowest BCUT2D eigenvalue weighted by molar-refractivity contribution is -0.274. The van der Waals surface area contributed by atoms with Gasteiger partial charge in [0.25, 0.3) is 0 Å². The zero-order chi connectivity index (χ0) is 19.1. The summed E-state index contributed by atoms with van der Waals surface area (Å²) in [7, 11) is 0. The summed E-state index contributed by atoms with van der Waals surface area (Å²) in [6.45, 7) is 0. The van der Waals surface area contributed by atoms with Crippen LogP contribution in [0.1, 0.15) is 0 Å². The molecule has 0 saturated carbocycles. The molecule has 0 aliphatic carbocycles. The maximum atomic E-state index is 14.1. The number of imidazole rings is 1. The molecule has 10 heteroatoms. The maximum Gasteiger partial charge on any atom is 0.573 e. The second-order valence-electron chi connectivity index (χ2n) is 5.01. The lowest BCUT2D eigenvalue weighted by Crippen LogP contribution is -2.17. The van der Waals surface area contributed by atoms with Crippen LogP contribution in [0.25, 0.3) is 16.9 Å². The summed E-state index contributed by atoms with van der Waals surface area (Å²) in [6.07, 6.45) is -3.85. The van der Waals surface area contributed by atoms with Gasteiger partial charge >= 0.3 is 6.36 Å². The van der Waals surface area contributed by atoms with Crippen molar-refractivity contribution >= 4 is 11.6 Å². The lowest BCUT2D eigenvalue weighted by atomic mass is 10.1. The van der Waals surface area contributed by atoms with E-state index >= 15 is 0 Å². The van der Waals surface area contributed by atoms with E-state index in [0.717, 1.165) is 29.0 Å². The van der Waals surface area contributed by atoms with Crippen molar-refractivity contribution < 1.29 is 31.1 Å². The standard InChI is InChI=1S/C16H7ClF6N2O/c17-15-24-7-12(13-10(18)5-6-11(19)14(13)20)25(15)8-1-3-9(4-2-8)26-16(21,22)23/h1-7H. The molecule has 1 aromatic heterocycles. The fraction of sp³-hybridized carbons (Fsp3) is 0.0625. The fourth-order valence-electron chi connectivity index (χ4n) is 2.31. The average molecular weight is 393 g/mol. The summed E-state index contributed by atoms with van der Waals surface area (Å²) in [5.74, 6) is -4.28. The molecule has 3 nitrogen and oxygen atoms in total. The first-order chi connectivity index (χ1) is 12.2. The van der Waals surface area contributed by atoms with Crippen LogP contribution in [0, 0.1) is 17.5 Å². The average Bonchev–Trinajstić information content (AvgIpc) is 2.92. The Morgan fingerprint density at radius 3 is 2.15 bits per heavy atom. The van der Waals surface area contributed by atoms with E-state index in [1.54, 1.807) is 0 Å². The molecular weight excluding hydrogens is 386 g/mol. The molecule has 0 N–H and O–H groups in total. The third-order valence-electron chi connectivity index (χ3n) is 3.35. The molecule has 3 rings (SSSR count). The second-order valence-corrected chi connectivity index (χ2v) is 5.35. The Kier molecular flexibility index (Phi) is 4.57. The minimum atomic E-state index is -4.87. The van der Waals surface area contributed by atoms with Gasteiger partial charge < -0.3 is 4.74 Å². The van der Waals surface area contributed by atoms with Crippen molar-refractivity contribution in [2.75, 3.05) is 0 Å². The van der Waals surface area contributed by atoms with Gasteiger partial charge in [-0.15, -0.1) is 13.2 Å². The molecule has 3 aromatic rings. The first-order valence-electron chi connectivity index (χ1n) is 6.90. The molecular formula is C16H7ClF6N2O. The van der Waals surface area contributed by atoms with Gasteiger partial charge in [-0.2, -0.15) is 0 Å². The van der Waals surface area contributed by atoms with Crippen molar-refractivity contribution in [3.63, 3.8) is 0 Å². The van der Waals surface area contributed by atoms with Gasteiger partial charge in [-0.3, -0.25) is 4.57 Å². The topological polar surface area (TPSA) is 27.1 Å². The van der Waals surface area contributed by atoms with Crippen LogP contribution in [0.4, 0.5) is 26.3 Å². The highest BCUT2D eigenvalue weighted by atomic mass is 35.5. The fourth-order valence-corrected chi connectivity index (χ4v) is 2.55. The number of alkyl halides is 3. The van der Waals surface area contributed by atoms with E-state index in [9.17, 15) is 26.3 Å². The van der Waals surface area contributed by atoms with Crippen LogP contribution in [0.5, 0.6) is 5.75 Å². The van der Waals surface area contributed by atoms with E-state index in [0.29, 0.717) is 6.07 Å². The van der Waals surface area contributed by atoms with Crippen LogP contribution in [0.15, 0.2) is 42.6 Å². The molecule has 136 valence electrons. The number of hydrogen-bond acceptors (Lipinski definition) is 2. The summed E-state index contributed by atoms with van der Waals surface area (Å²) in [5.41, 5.74) is -0.783. The van der Waals surface area contributed by atoms with Gasteiger partial charge in [0, 0.05) is 5.69 Å². The van der Waals surface area contributed by atoms with Crippen LogP contribution in [-0.4, -0.2) is 15.9 Å². The van der Waals surface area contributed by atoms with Crippen molar-refractivity contribution in [1.82, 2.24) is 9.55 Å². The Bertz CT molecular complexity index is 953. The first-order valence-corrected chi connectivity index (χ1v) is 7.28. The van der Waals surface area contributed by atoms with Crippen molar-refractivity contribution in [1.29, 1.82) is 0 Å². The van der Waals surface area contributed by atoms with E-state index in [-0.39, 0.29) is 16.7 Å². The zero-order valence-electron chi connectivity index (χ0n) is 12.5. The van der Waals surface area contributed by atoms with E-state index in [4.69, 9.17) is 11.6 Å². The van der Waals surface area contributed by atoms with Gasteiger partial charge in [0.2, 0.25) is 5.28 Å². The van der Waals surface area contributed by atoms with Crippen LogP contribution in [0.3, 0.4) is 0 Å². The van der Waals surface area contributed by atoms with Gasteiger partial charge in [0.1, 0.15) is 11.6 Å². The lowest BCUT2D eigenvalue weighted by Gasteiger charge is -2.13. The number of ether oxygens (including phenoxy) is 1. The van der Waals surface area contributed by atoms with Crippen molar-refractivity contribution in [2.45, 2.75) is 6.36 Å². The Balaban J connectivity index is 2.09. The minimum absolute atomic E-state index is 0.139. The molecule has 0 unspecified atom stereocenters. The first kappa shape index (κ1) is 18.1. The largest absolute Gasteiger partial charge is 0.573 e. The molecule has 0 amide bonds. The predicted molar refractivity (Wildman–Crippen MR) is 80.6 cm³/mol. The van der Waals surface area contributed by atoms with Crippen LogP contribution < -0.4 is 4.74 Å². The third-order valence-corrected chi connectivity index (χ3v) is 3.61. The Labute approximate surface area is 147 Å². The molecule has 0 atom stereocenters. The van der Waals surface area contributed by atoms with Gasteiger partial charge in [-0.25, -0.2) is 18.2 Å². The second kappa shape index (κ2) is 6.56. The molecule has 1 heterocycles. The molecule has 0 bridgehead atoms.